The number of unbranched alkanes of at least 4 members (excludes halogenated alkanes) is 47. The molecule has 5 N–H and O–H groups in total. The molecule has 4 unspecified atom stereocenters. The summed E-state index contributed by atoms with van der Waals surface area (Å²) < 4.78 is 0. The van der Waals surface area contributed by atoms with Crippen molar-refractivity contribution < 1.29 is 25.2 Å². The van der Waals surface area contributed by atoms with E-state index >= 15 is 0 Å². The van der Waals surface area contributed by atoms with E-state index in [0.29, 0.717) is 19.3 Å². The minimum absolute atomic E-state index is 0.362. The van der Waals surface area contributed by atoms with Crippen molar-refractivity contribution >= 4 is 5.91 Å². The standard InChI is InChI=1S/C68H131NO5/c1-3-5-7-9-11-13-15-17-19-21-23-25-27-28-29-30-31-32-33-34-35-36-37-38-39-40-42-44-46-48-50-52-54-56-58-60-62-66(72)68(74)69-64(63-70)67(73)65(71)61-59-57-55-53-51-49-47-45-43-41-26-24-22-20-18-16-14-12-10-8-6-4-2/h24,26,45,47,53,55,64-67,70-73H,3-23,25,27-44,46,48-52,54,56-63H2,1-2H3,(H,69,74)/b26-24+,47-45+,55-53+. The molecule has 0 rings (SSSR count). The van der Waals surface area contributed by atoms with Gasteiger partial charge in [-0.15, -0.1) is 0 Å². The normalized spacial score (nSPS) is 13.8. The van der Waals surface area contributed by atoms with Crippen LogP contribution < -0.4 is 5.32 Å². The molecule has 0 spiro atoms. The molecule has 1 amide bonds. The van der Waals surface area contributed by atoms with Gasteiger partial charge in [-0.3, -0.25) is 4.79 Å². The molecule has 0 saturated carbocycles. The van der Waals surface area contributed by atoms with Crippen LogP contribution in [0.1, 0.15) is 361 Å². The first-order chi connectivity index (χ1) is 36.5. The van der Waals surface area contributed by atoms with Crippen molar-refractivity contribution in [3.63, 3.8) is 0 Å². The summed E-state index contributed by atoms with van der Waals surface area (Å²) in [5, 5.41) is 44.1. The van der Waals surface area contributed by atoms with E-state index in [-0.39, 0.29) is 0 Å². The van der Waals surface area contributed by atoms with E-state index in [0.717, 1.165) is 51.4 Å². The number of hydrogen-bond acceptors (Lipinski definition) is 5. The predicted molar refractivity (Wildman–Crippen MR) is 325 cm³/mol. The van der Waals surface area contributed by atoms with E-state index in [1.54, 1.807) is 0 Å². The summed E-state index contributed by atoms with van der Waals surface area (Å²) in [7, 11) is 0. The SMILES string of the molecule is CCCCCCCCCCC/C=C/CC/C=C/CC/C=C/CCCC(O)C(O)C(CO)NC(=O)C(O)CCCCCCCCCCCCCCCCCCCCCCCCCCCCCCCCCCCCCC. The van der Waals surface area contributed by atoms with Gasteiger partial charge in [0.25, 0.3) is 0 Å². The highest BCUT2D eigenvalue weighted by molar-refractivity contribution is 5.80. The molecule has 438 valence electrons. The molecule has 4 atom stereocenters. The second kappa shape index (κ2) is 62.4. The van der Waals surface area contributed by atoms with Crippen molar-refractivity contribution in [2.24, 2.45) is 0 Å². The highest BCUT2D eigenvalue weighted by Crippen LogP contribution is 2.19. The van der Waals surface area contributed by atoms with Gasteiger partial charge in [-0.1, -0.05) is 333 Å². The van der Waals surface area contributed by atoms with Gasteiger partial charge >= 0.3 is 0 Å². The Morgan fingerprint density at radius 2 is 0.568 bits per heavy atom. The van der Waals surface area contributed by atoms with Crippen LogP contribution in [0.25, 0.3) is 0 Å². The van der Waals surface area contributed by atoms with Crippen molar-refractivity contribution in [2.75, 3.05) is 6.61 Å². The zero-order valence-electron chi connectivity index (χ0n) is 49.9. The Morgan fingerprint density at radius 3 is 0.851 bits per heavy atom. The maximum atomic E-state index is 12.6. The molecular formula is C68H131NO5. The van der Waals surface area contributed by atoms with Gasteiger partial charge in [0.1, 0.15) is 12.2 Å². The zero-order valence-corrected chi connectivity index (χ0v) is 49.9. The summed E-state index contributed by atoms with van der Waals surface area (Å²) in [6, 6.07) is -1.01. The molecule has 0 aliphatic heterocycles. The van der Waals surface area contributed by atoms with Crippen LogP contribution in [0.3, 0.4) is 0 Å². The largest absolute Gasteiger partial charge is 0.394 e. The predicted octanol–water partition coefficient (Wildman–Crippen LogP) is 20.3. The average Bonchev–Trinajstić information content (AvgIpc) is 3.41. The van der Waals surface area contributed by atoms with Gasteiger partial charge in [0, 0.05) is 0 Å². The van der Waals surface area contributed by atoms with Crippen LogP contribution in [0.5, 0.6) is 0 Å². The summed E-state index contributed by atoms with van der Waals surface area (Å²) in [5.74, 6) is -0.593. The van der Waals surface area contributed by atoms with Gasteiger partial charge in [0.15, 0.2) is 0 Å². The molecule has 0 aromatic carbocycles. The first kappa shape index (κ1) is 72.5. The Bertz CT molecular complexity index is 1170. The average molecular weight is 1040 g/mol. The minimum atomic E-state index is -1.29. The second-order valence-corrected chi connectivity index (χ2v) is 23.2. The number of allylic oxidation sites excluding steroid dienone is 6. The van der Waals surface area contributed by atoms with Crippen LogP contribution in [-0.4, -0.2) is 57.3 Å². The van der Waals surface area contributed by atoms with Gasteiger partial charge in [-0.2, -0.15) is 0 Å². The number of nitrogens with one attached hydrogen (secondary N) is 1. The van der Waals surface area contributed by atoms with Gasteiger partial charge < -0.3 is 25.7 Å². The number of rotatable bonds is 62. The van der Waals surface area contributed by atoms with Crippen molar-refractivity contribution in [3.8, 4) is 0 Å². The number of aliphatic hydroxyl groups excluding tert-OH is 4. The monoisotopic (exact) mass is 1040 g/mol. The molecule has 0 saturated heterocycles. The number of aliphatic hydroxyl groups is 4. The minimum Gasteiger partial charge on any atom is -0.394 e. The molecule has 0 aromatic rings. The third-order valence-corrected chi connectivity index (χ3v) is 15.8. The summed E-state index contributed by atoms with van der Waals surface area (Å²) in [6.07, 6.45) is 79.8. The van der Waals surface area contributed by atoms with E-state index in [1.165, 1.54) is 276 Å². The first-order valence-corrected chi connectivity index (χ1v) is 33.4. The lowest BCUT2D eigenvalue weighted by Crippen LogP contribution is -2.53. The van der Waals surface area contributed by atoms with Crippen LogP contribution in [-0.2, 0) is 4.79 Å². The van der Waals surface area contributed by atoms with Crippen LogP contribution >= 0.6 is 0 Å². The Balaban J connectivity index is 3.56. The molecule has 74 heavy (non-hydrogen) atoms. The third-order valence-electron chi connectivity index (χ3n) is 15.8. The second-order valence-electron chi connectivity index (χ2n) is 23.2. The smallest absolute Gasteiger partial charge is 0.249 e. The lowest BCUT2D eigenvalue weighted by molar-refractivity contribution is -0.132. The van der Waals surface area contributed by atoms with E-state index < -0.39 is 36.9 Å². The van der Waals surface area contributed by atoms with E-state index in [2.05, 4.69) is 55.6 Å². The molecule has 0 bridgehead atoms. The Hall–Kier alpha value is -1.47. The Kier molecular flexibility index (Phi) is 61.1. The number of carbonyl (C=O) groups excluding carboxylic acids is 1. The van der Waals surface area contributed by atoms with Gasteiger partial charge in [0.2, 0.25) is 5.91 Å². The van der Waals surface area contributed by atoms with Crippen LogP contribution in [0.4, 0.5) is 0 Å². The van der Waals surface area contributed by atoms with Gasteiger partial charge in [-0.25, -0.2) is 0 Å². The van der Waals surface area contributed by atoms with E-state index in [1.807, 2.05) is 0 Å². The number of carbonyl (C=O) groups is 1. The molecule has 0 aromatic heterocycles. The fourth-order valence-corrected chi connectivity index (χ4v) is 10.6. The highest BCUT2D eigenvalue weighted by atomic mass is 16.3. The number of hydrogen-bond donors (Lipinski definition) is 5. The number of amides is 1. The molecule has 0 fully saturated rings. The molecular weight excluding hydrogens is 911 g/mol. The maximum Gasteiger partial charge on any atom is 0.249 e. The molecule has 0 aliphatic rings. The Morgan fingerprint density at radius 1 is 0.324 bits per heavy atom. The fraction of sp³-hybridized carbons (Fsp3) is 0.897. The zero-order chi connectivity index (χ0) is 53.7. The maximum absolute atomic E-state index is 12.6. The fourth-order valence-electron chi connectivity index (χ4n) is 10.6. The molecule has 0 aliphatic carbocycles. The van der Waals surface area contributed by atoms with E-state index in [9.17, 15) is 25.2 Å². The lowest BCUT2D eigenvalue weighted by atomic mass is 10.00. The highest BCUT2D eigenvalue weighted by Gasteiger charge is 2.28. The molecule has 6 heteroatoms. The Labute approximate surface area is 462 Å². The third kappa shape index (κ3) is 55.3. The molecule has 6 nitrogen and oxygen atoms in total. The first-order valence-electron chi connectivity index (χ1n) is 33.4. The lowest BCUT2D eigenvalue weighted by Gasteiger charge is -2.27. The van der Waals surface area contributed by atoms with Crippen molar-refractivity contribution in [2.45, 2.75) is 385 Å². The van der Waals surface area contributed by atoms with Crippen molar-refractivity contribution in [1.82, 2.24) is 5.32 Å². The summed E-state index contributed by atoms with van der Waals surface area (Å²) in [6.45, 7) is 4.08. The summed E-state index contributed by atoms with van der Waals surface area (Å²) in [4.78, 5) is 12.6. The van der Waals surface area contributed by atoms with Crippen molar-refractivity contribution in [1.29, 1.82) is 0 Å². The van der Waals surface area contributed by atoms with Gasteiger partial charge in [-0.05, 0) is 64.2 Å². The summed E-state index contributed by atoms with van der Waals surface area (Å²) >= 11 is 0. The van der Waals surface area contributed by atoms with Crippen molar-refractivity contribution in [3.05, 3.63) is 36.5 Å². The topological polar surface area (TPSA) is 110 Å². The van der Waals surface area contributed by atoms with Gasteiger partial charge in [0.05, 0.1) is 18.8 Å². The van der Waals surface area contributed by atoms with Crippen LogP contribution in [0.15, 0.2) is 36.5 Å². The molecule has 0 radical (unpaired) electrons. The van der Waals surface area contributed by atoms with Crippen LogP contribution in [0, 0.1) is 0 Å². The van der Waals surface area contributed by atoms with E-state index in [4.69, 9.17) is 0 Å². The summed E-state index contributed by atoms with van der Waals surface area (Å²) in [5.41, 5.74) is 0. The van der Waals surface area contributed by atoms with Crippen LogP contribution in [0.2, 0.25) is 0 Å². The molecule has 0 heterocycles. The quantitative estimate of drug-likeness (QED) is 0.0308.